The number of hydrogen-bond acceptors (Lipinski definition) is 3. The Kier molecular flexibility index (Phi) is 4.71. The average molecular weight is 279 g/mol. The van der Waals surface area contributed by atoms with Gasteiger partial charge in [-0.15, -0.1) is 0 Å². The molecular formula is C13H20F3NO2. The molecule has 0 amide bonds. The van der Waals surface area contributed by atoms with Crippen molar-refractivity contribution in [3.05, 3.63) is 0 Å². The summed E-state index contributed by atoms with van der Waals surface area (Å²) in [5.41, 5.74) is 0. The average Bonchev–Trinajstić information content (AvgIpc) is 2.75. The van der Waals surface area contributed by atoms with Gasteiger partial charge >= 0.3 is 12.1 Å². The second kappa shape index (κ2) is 6.11. The first kappa shape index (κ1) is 14.6. The lowest BCUT2D eigenvalue weighted by atomic mass is 9.84. The monoisotopic (exact) mass is 279 g/mol. The SMILES string of the molecule is O=C1OCCC1CCNC1CCCCC1C(F)(F)F. The van der Waals surface area contributed by atoms with Gasteiger partial charge in [0.15, 0.2) is 0 Å². The molecule has 0 aromatic heterocycles. The largest absolute Gasteiger partial charge is 0.465 e. The second-order valence-corrected chi connectivity index (χ2v) is 5.43. The molecule has 0 bridgehead atoms. The Morgan fingerprint density at radius 2 is 1.95 bits per heavy atom. The number of esters is 1. The molecule has 1 aliphatic carbocycles. The minimum absolute atomic E-state index is 0.138. The van der Waals surface area contributed by atoms with Crippen molar-refractivity contribution in [1.29, 1.82) is 0 Å². The van der Waals surface area contributed by atoms with E-state index in [4.69, 9.17) is 4.74 Å². The fourth-order valence-electron chi connectivity index (χ4n) is 3.01. The highest BCUT2D eigenvalue weighted by atomic mass is 19.4. The van der Waals surface area contributed by atoms with Gasteiger partial charge in [0.25, 0.3) is 0 Å². The van der Waals surface area contributed by atoms with Gasteiger partial charge in [-0.2, -0.15) is 13.2 Å². The lowest BCUT2D eigenvalue weighted by Crippen LogP contribution is -2.46. The summed E-state index contributed by atoms with van der Waals surface area (Å²) >= 11 is 0. The molecule has 0 aromatic rings. The van der Waals surface area contributed by atoms with Crippen LogP contribution in [0.4, 0.5) is 13.2 Å². The number of nitrogens with one attached hydrogen (secondary N) is 1. The number of halogens is 3. The van der Waals surface area contributed by atoms with Crippen molar-refractivity contribution in [3.8, 4) is 0 Å². The van der Waals surface area contributed by atoms with Crippen molar-refractivity contribution in [2.75, 3.05) is 13.2 Å². The van der Waals surface area contributed by atoms with Crippen LogP contribution in [-0.4, -0.2) is 31.3 Å². The highest BCUT2D eigenvalue weighted by Gasteiger charge is 2.45. The Bertz CT molecular complexity index is 320. The van der Waals surface area contributed by atoms with E-state index in [1.54, 1.807) is 0 Å². The third kappa shape index (κ3) is 3.84. The maximum atomic E-state index is 12.9. The molecule has 3 unspecified atom stereocenters. The number of cyclic esters (lactones) is 1. The Morgan fingerprint density at radius 1 is 1.21 bits per heavy atom. The fourth-order valence-corrected chi connectivity index (χ4v) is 3.01. The Morgan fingerprint density at radius 3 is 2.58 bits per heavy atom. The molecule has 3 nitrogen and oxygen atoms in total. The number of ether oxygens (including phenoxy) is 1. The summed E-state index contributed by atoms with van der Waals surface area (Å²) in [6.45, 7) is 0.898. The maximum Gasteiger partial charge on any atom is 0.393 e. The first-order chi connectivity index (χ1) is 8.98. The van der Waals surface area contributed by atoms with Crippen molar-refractivity contribution in [3.63, 3.8) is 0 Å². The summed E-state index contributed by atoms with van der Waals surface area (Å²) in [5, 5.41) is 3.00. The zero-order valence-corrected chi connectivity index (χ0v) is 10.8. The Balaban J connectivity index is 1.78. The normalized spacial score (nSPS) is 32.4. The van der Waals surface area contributed by atoms with E-state index in [-0.39, 0.29) is 18.3 Å². The molecule has 2 fully saturated rings. The minimum atomic E-state index is -4.12. The first-order valence-electron chi connectivity index (χ1n) is 6.95. The lowest BCUT2D eigenvalue weighted by Gasteiger charge is -2.33. The highest BCUT2D eigenvalue weighted by Crippen LogP contribution is 2.37. The quantitative estimate of drug-likeness (QED) is 0.804. The van der Waals surface area contributed by atoms with Gasteiger partial charge in [-0.25, -0.2) is 0 Å². The molecular weight excluding hydrogens is 259 g/mol. The Hall–Kier alpha value is -0.780. The summed E-state index contributed by atoms with van der Waals surface area (Å²) in [7, 11) is 0. The first-order valence-corrected chi connectivity index (χ1v) is 6.95. The highest BCUT2D eigenvalue weighted by molar-refractivity contribution is 5.74. The molecule has 0 aromatic carbocycles. The molecule has 1 aliphatic heterocycles. The lowest BCUT2D eigenvalue weighted by molar-refractivity contribution is -0.189. The number of carbonyl (C=O) groups excluding carboxylic acids is 1. The van der Waals surface area contributed by atoms with Crippen molar-refractivity contribution < 1.29 is 22.7 Å². The van der Waals surface area contributed by atoms with Gasteiger partial charge in [0, 0.05) is 6.04 Å². The molecule has 2 rings (SSSR count). The molecule has 110 valence electrons. The van der Waals surface area contributed by atoms with E-state index in [1.807, 2.05) is 0 Å². The number of rotatable bonds is 4. The van der Waals surface area contributed by atoms with Crippen molar-refractivity contribution >= 4 is 5.97 Å². The van der Waals surface area contributed by atoms with Crippen LogP contribution >= 0.6 is 0 Å². The van der Waals surface area contributed by atoms with Gasteiger partial charge in [-0.1, -0.05) is 12.8 Å². The molecule has 19 heavy (non-hydrogen) atoms. The van der Waals surface area contributed by atoms with E-state index < -0.39 is 18.1 Å². The van der Waals surface area contributed by atoms with Gasteiger partial charge in [0.05, 0.1) is 18.4 Å². The van der Waals surface area contributed by atoms with E-state index in [9.17, 15) is 18.0 Å². The minimum Gasteiger partial charge on any atom is -0.465 e. The number of hydrogen-bond donors (Lipinski definition) is 1. The third-order valence-electron chi connectivity index (χ3n) is 4.13. The number of alkyl halides is 3. The molecule has 1 N–H and O–H groups in total. The zero-order chi connectivity index (χ0) is 13.9. The van der Waals surface area contributed by atoms with E-state index in [0.717, 1.165) is 6.42 Å². The zero-order valence-electron chi connectivity index (χ0n) is 10.8. The van der Waals surface area contributed by atoms with Crippen LogP contribution in [0.25, 0.3) is 0 Å². The van der Waals surface area contributed by atoms with Crippen molar-refractivity contribution in [2.45, 2.75) is 50.7 Å². The molecule has 1 saturated heterocycles. The van der Waals surface area contributed by atoms with Crippen LogP contribution in [0.5, 0.6) is 0 Å². The molecule has 1 heterocycles. The van der Waals surface area contributed by atoms with Crippen LogP contribution in [0.2, 0.25) is 0 Å². The summed E-state index contributed by atoms with van der Waals surface area (Å²) in [6.07, 6.45) is -0.586. The molecule has 3 atom stereocenters. The molecule has 0 spiro atoms. The Labute approximate surface area is 110 Å². The predicted octanol–water partition coefficient (Wildman–Crippen LogP) is 2.65. The smallest absolute Gasteiger partial charge is 0.393 e. The van der Waals surface area contributed by atoms with Gasteiger partial charge in [0.1, 0.15) is 0 Å². The van der Waals surface area contributed by atoms with Gasteiger partial charge < -0.3 is 10.1 Å². The second-order valence-electron chi connectivity index (χ2n) is 5.43. The summed E-state index contributed by atoms with van der Waals surface area (Å²) < 4.78 is 43.4. The van der Waals surface area contributed by atoms with E-state index >= 15 is 0 Å². The fraction of sp³-hybridized carbons (Fsp3) is 0.923. The summed E-state index contributed by atoms with van der Waals surface area (Å²) in [6, 6.07) is -0.494. The number of carbonyl (C=O) groups is 1. The molecule has 0 radical (unpaired) electrons. The molecule has 2 aliphatic rings. The van der Waals surface area contributed by atoms with Gasteiger partial charge in [-0.3, -0.25) is 4.79 Å². The van der Waals surface area contributed by atoms with E-state index in [1.165, 1.54) is 0 Å². The maximum absolute atomic E-state index is 12.9. The van der Waals surface area contributed by atoms with Gasteiger partial charge in [0.2, 0.25) is 0 Å². The van der Waals surface area contributed by atoms with E-state index in [0.29, 0.717) is 38.8 Å². The van der Waals surface area contributed by atoms with Crippen LogP contribution in [0.1, 0.15) is 38.5 Å². The van der Waals surface area contributed by atoms with Crippen LogP contribution in [0, 0.1) is 11.8 Å². The molecule has 1 saturated carbocycles. The van der Waals surface area contributed by atoms with Crippen LogP contribution in [0.3, 0.4) is 0 Å². The predicted molar refractivity (Wildman–Crippen MR) is 63.5 cm³/mol. The summed E-state index contributed by atoms with van der Waals surface area (Å²) in [4.78, 5) is 11.3. The van der Waals surface area contributed by atoms with Crippen LogP contribution in [0.15, 0.2) is 0 Å². The van der Waals surface area contributed by atoms with Crippen LogP contribution in [-0.2, 0) is 9.53 Å². The third-order valence-corrected chi connectivity index (χ3v) is 4.13. The van der Waals surface area contributed by atoms with E-state index in [2.05, 4.69) is 5.32 Å². The van der Waals surface area contributed by atoms with Crippen molar-refractivity contribution in [2.24, 2.45) is 11.8 Å². The van der Waals surface area contributed by atoms with Crippen LogP contribution < -0.4 is 5.32 Å². The van der Waals surface area contributed by atoms with Gasteiger partial charge in [-0.05, 0) is 32.2 Å². The summed E-state index contributed by atoms with van der Waals surface area (Å²) in [5.74, 6) is -1.59. The topological polar surface area (TPSA) is 38.3 Å². The van der Waals surface area contributed by atoms with Crippen molar-refractivity contribution in [1.82, 2.24) is 5.32 Å². The molecule has 6 heteroatoms. The standard InChI is InChI=1S/C13H20F3NO2/c14-13(15,16)10-3-1-2-4-11(10)17-7-5-9-6-8-19-12(9)18/h9-11,17H,1-8H2.